The molecule has 0 atom stereocenters. The smallest absolute Gasteiger partial charge is 0.119 e. The van der Waals surface area contributed by atoms with Crippen molar-refractivity contribution >= 4 is 11.9 Å². The second-order valence-corrected chi connectivity index (χ2v) is 8.08. The molecule has 0 unspecified atom stereocenters. The third-order valence-corrected chi connectivity index (χ3v) is 5.83. The molecule has 3 aromatic rings. The number of unbranched alkanes of at least 4 members (excludes halogenated alkanes) is 5. The predicted molar refractivity (Wildman–Crippen MR) is 127 cm³/mol. The number of nitrogens with zero attached hydrogens (tertiary/aromatic N) is 1. The van der Waals surface area contributed by atoms with Crippen LogP contribution in [0.15, 0.2) is 71.7 Å². The molecule has 0 aliphatic heterocycles. The van der Waals surface area contributed by atoms with Gasteiger partial charge in [0.25, 0.3) is 0 Å². The van der Waals surface area contributed by atoms with E-state index in [1.165, 1.54) is 54.4 Å². The first-order chi connectivity index (χ1) is 14.8. The zero-order valence-corrected chi connectivity index (χ0v) is 17.9. The normalized spacial score (nSPS) is 12.2. The number of aliphatic imine (C=N–C) groups is 1. The van der Waals surface area contributed by atoms with Crippen LogP contribution in [-0.4, -0.2) is 12.8 Å². The van der Waals surface area contributed by atoms with Crippen molar-refractivity contribution in [2.75, 3.05) is 6.61 Å². The van der Waals surface area contributed by atoms with Crippen molar-refractivity contribution in [1.29, 1.82) is 0 Å². The molecule has 1 aliphatic rings. The van der Waals surface area contributed by atoms with E-state index in [1.807, 2.05) is 18.3 Å². The van der Waals surface area contributed by atoms with E-state index < -0.39 is 0 Å². The van der Waals surface area contributed by atoms with E-state index in [0.29, 0.717) is 0 Å². The Bertz CT molecular complexity index is 988. The molecule has 154 valence electrons. The van der Waals surface area contributed by atoms with Crippen molar-refractivity contribution in [3.8, 4) is 16.9 Å². The maximum Gasteiger partial charge on any atom is 0.119 e. The molecule has 0 saturated heterocycles. The van der Waals surface area contributed by atoms with Crippen LogP contribution < -0.4 is 4.74 Å². The lowest BCUT2D eigenvalue weighted by atomic mass is 10.1. The summed E-state index contributed by atoms with van der Waals surface area (Å²) in [6.45, 7) is 3.05. The monoisotopic (exact) mass is 397 g/mol. The van der Waals surface area contributed by atoms with Crippen LogP contribution in [0.3, 0.4) is 0 Å². The zero-order valence-electron chi connectivity index (χ0n) is 17.9. The number of hydrogen-bond acceptors (Lipinski definition) is 2. The van der Waals surface area contributed by atoms with E-state index in [9.17, 15) is 0 Å². The molecule has 1 aliphatic carbocycles. The zero-order chi connectivity index (χ0) is 20.6. The van der Waals surface area contributed by atoms with Crippen molar-refractivity contribution in [2.24, 2.45) is 4.99 Å². The summed E-state index contributed by atoms with van der Waals surface area (Å²) in [7, 11) is 0. The minimum Gasteiger partial charge on any atom is -0.494 e. The lowest BCUT2D eigenvalue weighted by Gasteiger charge is -2.06. The van der Waals surface area contributed by atoms with Gasteiger partial charge in [0.2, 0.25) is 0 Å². The molecular formula is C28H31NO. The highest BCUT2D eigenvalue weighted by molar-refractivity contribution is 5.86. The molecular weight excluding hydrogens is 366 g/mol. The predicted octanol–water partition coefficient (Wildman–Crippen LogP) is 7.75. The average Bonchev–Trinajstić information content (AvgIpc) is 3.17. The van der Waals surface area contributed by atoms with E-state index in [0.717, 1.165) is 36.4 Å². The van der Waals surface area contributed by atoms with Gasteiger partial charge in [0.1, 0.15) is 5.75 Å². The van der Waals surface area contributed by atoms with Gasteiger partial charge in [-0.2, -0.15) is 0 Å². The van der Waals surface area contributed by atoms with Gasteiger partial charge in [-0.15, -0.1) is 0 Å². The maximum absolute atomic E-state index is 5.88. The van der Waals surface area contributed by atoms with Crippen LogP contribution in [0.1, 0.15) is 62.1 Å². The van der Waals surface area contributed by atoms with Crippen molar-refractivity contribution in [1.82, 2.24) is 0 Å². The Labute approximate surface area is 180 Å². The molecule has 0 amide bonds. The van der Waals surface area contributed by atoms with Crippen molar-refractivity contribution in [2.45, 2.75) is 51.9 Å². The molecule has 0 saturated carbocycles. The van der Waals surface area contributed by atoms with Gasteiger partial charge in [-0.3, -0.25) is 4.99 Å². The summed E-state index contributed by atoms with van der Waals surface area (Å²) in [5, 5.41) is 0. The number of fused-ring (bicyclic) bond motifs is 3. The fraction of sp³-hybridized carbons (Fsp3) is 0.321. The molecule has 0 N–H and O–H groups in total. The van der Waals surface area contributed by atoms with Crippen LogP contribution in [0.5, 0.6) is 5.75 Å². The maximum atomic E-state index is 5.88. The molecule has 0 radical (unpaired) electrons. The minimum absolute atomic E-state index is 0.802. The largest absolute Gasteiger partial charge is 0.494 e. The Balaban J connectivity index is 1.32. The second kappa shape index (κ2) is 10.2. The van der Waals surface area contributed by atoms with Gasteiger partial charge in [-0.25, -0.2) is 0 Å². The third kappa shape index (κ3) is 4.99. The van der Waals surface area contributed by atoms with Gasteiger partial charge in [0.15, 0.2) is 0 Å². The standard InChI is InChI=1S/C28H31NO/c1-2-3-4-5-6-9-19-30-24-17-15-22(16-18-24)21-29-28-14-10-13-26-25-12-8-7-11-23(25)20-27(26)28/h7-8,10-18,21H,2-6,9,19-20H2,1H3. The summed E-state index contributed by atoms with van der Waals surface area (Å²) in [4.78, 5) is 4.81. The van der Waals surface area contributed by atoms with Crippen molar-refractivity contribution in [3.05, 3.63) is 83.4 Å². The molecule has 4 rings (SSSR count). The summed E-state index contributed by atoms with van der Waals surface area (Å²) in [5.74, 6) is 0.941. The lowest BCUT2D eigenvalue weighted by molar-refractivity contribution is 0.304. The third-order valence-electron chi connectivity index (χ3n) is 5.83. The van der Waals surface area contributed by atoms with Crippen LogP contribution >= 0.6 is 0 Å². The lowest BCUT2D eigenvalue weighted by Crippen LogP contribution is -1.97. The van der Waals surface area contributed by atoms with Crippen LogP contribution in [0, 0.1) is 0 Å². The van der Waals surface area contributed by atoms with E-state index in [4.69, 9.17) is 9.73 Å². The first-order valence-corrected chi connectivity index (χ1v) is 11.3. The second-order valence-electron chi connectivity index (χ2n) is 8.08. The summed E-state index contributed by atoms with van der Waals surface area (Å²) < 4.78 is 5.88. The molecule has 0 bridgehead atoms. The number of rotatable bonds is 10. The fourth-order valence-corrected chi connectivity index (χ4v) is 4.13. The Morgan fingerprint density at radius 3 is 2.43 bits per heavy atom. The van der Waals surface area contributed by atoms with Crippen molar-refractivity contribution < 1.29 is 4.74 Å². The van der Waals surface area contributed by atoms with Gasteiger partial charge in [-0.05, 0) is 64.6 Å². The van der Waals surface area contributed by atoms with Crippen LogP contribution in [-0.2, 0) is 6.42 Å². The van der Waals surface area contributed by atoms with Crippen LogP contribution in [0.2, 0.25) is 0 Å². The Hall–Kier alpha value is -2.87. The minimum atomic E-state index is 0.802. The van der Waals surface area contributed by atoms with Gasteiger partial charge < -0.3 is 4.74 Å². The number of benzene rings is 3. The van der Waals surface area contributed by atoms with E-state index in [1.54, 1.807) is 0 Å². The van der Waals surface area contributed by atoms with E-state index in [-0.39, 0.29) is 0 Å². The quantitative estimate of drug-likeness (QED) is 0.198. The Morgan fingerprint density at radius 1 is 0.800 bits per heavy atom. The molecule has 3 aromatic carbocycles. The Morgan fingerprint density at radius 2 is 1.57 bits per heavy atom. The van der Waals surface area contributed by atoms with E-state index in [2.05, 4.69) is 61.5 Å². The fourth-order valence-electron chi connectivity index (χ4n) is 4.13. The summed E-state index contributed by atoms with van der Waals surface area (Å²) in [5.41, 5.74) is 7.54. The number of hydrogen-bond donors (Lipinski definition) is 0. The molecule has 2 nitrogen and oxygen atoms in total. The molecule has 0 spiro atoms. The molecule has 30 heavy (non-hydrogen) atoms. The van der Waals surface area contributed by atoms with Gasteiger partial charge >= 0.3 is 0 Å². The van der Waals surface area contributed by atoms with Crippen LogP contribution in [0.25, 0.3) is 11.1 Å². The average molecular weight is 398 g/mol. The highest BCUT2D eigenvalue weighted by Crippen LogP contribution is 2.40. The van der Waals surface area contributed by atoms with E-state index >= 15 is 0 Å². The van der Waals surface area contributed by atoms with Crippen LogP contribution in [0.4, 0.5) is 5.69 Å². The SMILES string of the molecule is CCCCCCCCOc1ccc(C=Nc2cccc3c2Cc2ccccc2-3)cc1. The Kier molecular flexibility index (Phi) is 6.97. The number of ether oxygens (including phenoxy) is 1. The summed E-state index contributed by atoms with van der Waals surface area (Å²) in [6.07, 6.45) is 10.6. The molecule has 0 aromatic heterocycles. The van der Waals surface area contributed by atoms with Crippen molar-refractivity contribution in [3.63, 3.8) is 0 Å². The van der Waals surface area contributed by atoms with Gasteiger partial charge in [0, 0.05) is 12.6 Å². The first-order valence-electron chi connectivity index (χ1n) is 11.3. The molecule has 0 fully saturated rings. The van der Waals surface area contributed by atoms with Gasteiger partial charge in [0.05, 0.1) is 12.3 Å². The topological polar surface area (TPSA) is 21.6 Å². The summed E-state index contributed by atoms with van der Waals surface area (Å²) >= 11 is 0. The highest BCUT2D eigenvalue weighted by atomic mass is 16.5. The molecule has 2 heteroatoms. The summed E-state index contributed by atoms with van der Waals surface area (Å²) in [6, 6.07) is 23.3. The molecule has 0 heterocycles. The highest BCUT2D eigenvalue weighted by Gasteiger charge is 2.19. The first kappa shape index (κ1) is 20.4. The van der Waals surface area contributed by atoms with Gasteiger partial charge in [-0.1, -0.05) is 75.4 Å².